The molecule has 0 aromatic heterocycles. The van der Waals surface area contributed by atoms with Gasteiger partial charge in [-0.2, -0.15) is 13.2 Å². The van der Waals surface area contributed by atoms with Crippen molar-refractivity contribution in [1.29, 1.82) is 0 Å². The number of alkyl halides is 3. The lowest BCUT2D eigenvalue weighted by molar-refractivity contribution is -0.137. The Bertz CT molecular complexity index is 540. The van der Waals surface area contributed by atoms with Crippen LogP contribution in [0, 0.1) is 11.2 Å². The summed E-state index contributed by atoms with van der Waals surface area (Å²) >= 11 is 0. The van der Waals surface area contributed by atoms with E-state index in [0.29, 0.717) is 6.07 Å². The first-order valence-corrected chi connectivity index (χ1v) is 5.90. The molecular formula is C13H13F4NO2. The van der Waals surface area contributed by atoms with Gasteiger partial charge in [0, 0.05) is 5.41 Å². The maximum Gasteiger partial charge on any atom is 0.416 e. The normalized spacial score (nSPS) is 22.1. The van der Waals surface area contributed by atoms with Crippen molar-refractivity contribution in [3.63, 3.8) is 0 Å². The number of hydrogen-bond donors (Lipinski definition) is 1. The molecule has 1 aromatic carbocycles. The van der Waals surface area contributed by atoms with E-state index >= 15 is 0 Å². The van der Waals surface area contributed by atoms with Gasteiger partial charge in [-0.05, 0) is 23.8 Å². The van der Waals surface area contributed by atoms with E-state index in [1.807, 2.05) is 0 Å². The van der Waals surface area contributed by atoms with Crippen LogP contribution >= 0.6 is 0 Å². The topological polar surface area (TPSA) is 38.3 Å². The van der Waals surface area contributed by atoms with Crippen LogP contribution in [0.3, 0.4) is 0 Å². The van der Waals surface area contributed by atoms with E-state index in [2.05, 4.69) is 5.32 Å². The van der Waals surface area contributed by atoms with Gasteiger partial charge in [0.15, 0.2) is 0 Å². The number of cyclic esters (lactones) is 1. The molecule has 0 spiro atoms. The Balaban J connectivity index is 2.46. The fourth-order valence-corrected chi connectivity index (χ4v) is 2.17. The SMILES string of the molecule is CC1(C)COC(=O)N[C@H]1c1cc(F)cc(C(F)(F)F)c1. The van der Waals surface area contributed by atoms with Gasteiger partial charge in [0.25, 0.3) is 0 Å². The van der Waals surface area contributed by atoms with Crippen molar-refractivity contribution >= 4 is 6.09 Å². The monoisotopic (exact) mass is 291 g/mol. The maximum atomic E-state index is 13.4. The summed E-state index contributed by atoms with van der Waals surface area (Å²) in [4.78, 5) is 11.3. The molecule has 1 aliphatic rings. The number of amides is 1. The molecule has 110 valence electrons. The van der Waals surface area contributed by atoms with E-state index in [9.17, 15) is 22.4 Å². The smallest absolute Gasteiger partial charge is 0.416 e. The van der Waals surface area contributed by atoms with Gasteiger partial charge in [0.2, 0.25) is 0 Å². The number of nitrogens with one attached hydrogen (secondary N) is 1. The van der Waals surface area contributed by atoms with Crippen molar-refractivity contribution in [2.45, 2.75) is 26.1 Å². The van der Waals surface area contributed by atoms with E-state index < -0.39 is 35.1 Å². The first kappa shape index (κ1) is 14.6. The Hall–Kier alpha value is -1.79. The van der Waals surface area contributed by atoms with Crippen LogP contribution in [0.25, 0.3) is 0 Å². The van der Waals surface area contributed by atoms with E-state index in [4.69, 9.17) is 4.74 Å². The molecule has 1 saturated heterocycles. The molecule has 1 atom stereocenters. The second-order valence-electron chi connectivity index (χ2n) is 5.41. The van der Waals surface area contributed by atoms with Gasteiger partial charge in [-0.15, -0.1) is 0 Å². The minimum atomic E-state index is -4.64. The maximum absolute atomic E-state index is 13.4. The number of carbonyl (C=O) groups excluding carboxylic acids is 1. The molecule has 1 N–H and O–H groups in total. The largest absolute Gasteiger partial charge is 0.449 e. The molecule has 0 aliphatic carbocycles. The van der Waals surface area contributed by atoms with Gasteiger partial charge in [-0.25, -0.2) is 9.18 Å². The average Bonchev–Trinajstić information content (AvgIpc) is 2.30. The minimum Gasteiger partial charge on any atom is -0.449 e. The standard InChI is InChI=1S/C13H13F4NO2/c1-12(2)6-20-11(19)18-10(12)7-3-8(13(15,16)17)5-9(14)4-7/h3-5,10H,6H2,1-2H3,(H,18,19)/t10-/m0/s1. The summed E-state index contributed by atoms with van der Waals surface area (Å²) in [6.45, 7) is 3.48. The van der Waals surface area contributed by atoms with Crippen molar-refractivity contribution in [1.82, 2.24) is 5.32 Å². The molecule has 20 heavy (non-hydrogen) atoms. The molecule has 1 aliphatic heterocycles. The zero-order chi connectivity index (χ0) is 15.1. The highest BCUT2D eigenvalue weighted by molar-refractivity contribution is 5.69. The summed E-state index contributed by atoms with van der Waals surface area (Å²) in [7, 11) is 0. The van der Waals surface area contributed by atoms with Crippen LogP contribution in [0.4, 0.5) is 22.4 Å². The third kappa shape index (κ3) is 2.86. The Morgan fingerprint density at radius 3 is 2.55 bits per heavy atom. The Morgan fingerprint density at radius 1 is 1.30 bits per heavy atom. The molecule has 1 amide bonds. The van der Waals surface area contributed by atoms with Gasteiger partial charge in [-0.3, -0.25) is 0 Å². The van der Waals surface area contributed by atoms with Gasteiger partial charge in [-0.1, -0.05) is 13.8 Å². The summed E-state index contributed by atoms with van der Waals surface area (Å²) in [6.07, 6.45) is -5.37. The highest BCUT2D eigenvalue weighted by Gasteiger charge is 2.39. The van der Waals surface area contributed by atoms with Gasteiger partial charge < -0.3 is 10.1 Å². The van der Waals surface area contributed by atoms with E-state index in [-0.39, 0.29) is 12.2 Å². The number of halogens is 4. The predicted octanol–water partition coefficient (Wildman–Crippen LogP) is 3.65. The number of carbonyl (C=O) groups is 1. The third-order valence-corrected chi connectivity index (χ3v) is 3.20. The minimum absolute atomic E-state index is 0.0430. The summed E-state index contributed by atoms with van der Waals surface area (Å²) in [6, 6.07) is 1.52. The first-order chi connectivity index (χ1) is 9.09. The highest BCUT2D eigenvalue weighted by Crippen LogP contribution is 2.39. The lowest BCUT2D eigenvalue weighted by Crippen LogP contribution is -2.47. The molecule has 1 fully saturated rings. The molecule has 0 unspecified atom stereocenters. The molecule has 0 radical (unpaired) electrons. The fraction of sp³-hybridized carbons (Fsp3) is 0.462. The number of ether oxygens (including phenoxy) is 1. The summed E-state index contributed by atoms with van der Waals surface area (Å²) < 4.78 is 56.3. The van der Waals surface area contributed by atoms with Crippen molar-refractivity contribution in [3.05, 3.63) is 35.1 Å². The predicted molar refractivity (Wildman–Crippen MR) is 62.4 cm³/mol. The molecule has 7 heteroatoms. The molecule has 2 rings (SSSR count). The van der Waals surface area contributed by atoms with Crippen LogP contribution in [-0.2, 0) is 10.9 Å². The first-order valence-electron chi connectivity index (χ1n) is 5.90. The number of benzene rings is 1. The number of hydrogen-bond acceptors (Lipinski definition) is 2. The van der Waals surface area contributed by atoms with E-state index in [0.717, 1.165) is 12.1 Å². The summed E-state index contributed by atoms with van der Waals surface area (Å²) in [5, 5.41) is 2.43. The zero-order valence-electron chi connectivity index (χ0n) is 10.8. The molecule has 1 heterocycles. The van der Waals surface area contributed by atoms with Crippen molar-refractivity contribution < 1.29 is 27.1 Å². The Kier molecular flexibility index (Phi) is 3.39. The molecule has 1 aromatic rings. The molecular weight excluding hydrogens is 278 g/mol. The van der Waals surface area contributed by atoms with Gasteiger partial charge >= 0.3 is 12.3 Å². The molecule has 3 nitrogen and oxygen atoms in total. The number of alkyl carbamates (subject to hydrolysis) is 1. The average molecular weight is 291 g/mol. The van der Waals surface area contributed by atoms with Crippen molar-refractivity contribution in [2.75, 3.05) is 6.61 Å². The van der Waals surface area contributed by atoms with Crippen LogP contribution in [0.2, 0.25) is 0 Å². The van der Waals surface area contributed by atoms with Crippen molar-refractivity contribution in [3.8, 4) is 0 Å². The Labute approximate surface area is 112 Å². The van der Waals surface area contributed by atoms with Gasteiger partial charge in [0.1, 0.15) is 12.4 Å². The Morgan fingerprint density at radius 2 is 1.95 bits per heavy atom. The number of rotatable bonds is 1. The van der Waals surface area contributed by atoms with Crippen LogP contribution in [0.1, 0.15) is 31.0 Å². The van der Waals surface area contributed by atoms with Crippen LogP contribution in [0.15, 0.2) is 18.2 Å². The third-order valence-electron chi connectivity index (χ3n) is 3.20. The summed E-state index contributed by atoms with van der Waals surface area (Å²) in [5.41, 5.74) is -1.66. The van der Waals surface area contributed by atoms with E-state index in [1.54, 1.807) is 13.8 Å². The lowest BCUT2D eigenvalue weighted by atomic mass is 9.80. The fourth-order valence-electron chi connectivity index (χ4n) is 2.17. The molecule has 0 bridgehead atoms. The second kappa shape index (κ2) is 4.64. The van der Waals surface area contributed by atoms with Gasteiger partial charge in [0.05, 0.1) is 11.6 Å². The van der Waals surface area contributed by atoms with Crippen molar-refractivity contribution in [2.24, 2.45) is 5.41 Å². The quantitative estimate of drug-likeness (QED) is 0.802. The summed E-state index contributed by atoms with van der Waals surface area (Å²) in [5.74, 6) is -0.994. The van der Waals surface area contributed by atoms with E-state index in [1.165, 1.54) is 0 Å². The van der Waals surface area contributed by atoms with Crippen LogP contribution < -0.4 is 5.32 Å². The lowest BCUT2D eigenvalue weighted by Gasteiger charge is -2.38. The highest BCUT2D eigenvalue weighted by atomic mass is 19.4. The second-order valence-corrected chi connectivity index (χ2v) is 5.41. The zero-order valence-corrected chi connectivity index (χ0v) is 10.8. The molecule has 0 saturated carbocycles. The van der Waals surface area contributed by atoms with Crippen LogP contribution in [-0.4, -0.2) is 12.7 Å². The van der Waals surface area contributed by atoms with Crippen LogP contribution in [0.5, 0.6) is 0 Å².